The van der Waals surface area contributed by atoms with Gasteiger partial charge in [0, 0.05) is 36.8 Å². The summed E-state index contributed by atoms with van der Waals surface area (Å²) in [7, 11) is 1.70. The van der Waals surface area contributed by atoms with Crippen LogP contribution in [-0.2, 0) is 0 Å². The minimum absolute atomic E-state index is 0.116. The molecule has 30 heavy (non-hydrogen) atoms. The number of hydrogen-bond donors (Lipinski definition) is 1. The van der Waals surface area contributed by atoms with E-state index in [2.05, 4.69) is 15.3 Å². The lowest BCUT2D eigenvalue weighted by Gasteiger charge is -2.25. The Kier molecular flexibility index (Phi) is 6.90. The van der Waals surface area contributed by atoms with Gasteiger partial charge in [0.25, 0.3) is 11.8 Å². The molecule has 1 atom stereocenters. The van der Waals surface area contributed by atoms with Crippen molar-refractivity contribution in [3.8, 4) is 0 Å². The van der Waals surface area contributed by atoms with Crippen LogP contribution in [0.4, 0.5) is 0 Å². The van der Waals surface area contributed by atoms with Crippen LogP contribution >= 0.6 is 23.2 Å². The number of pyridine rings is 2. The Morgan fingerprint density at radius 3 is 2.53 bits per heavy atom. The summed E-state index contributed by atoms with van der Waals surface area (Å²) >= 11 is 11.8. The van der Waals surface area contributed by atoms with E-state index in [1.165, 1.54) is 12.1 Å². The molecule has 0 spiro atoms. The fourth-order valence-corrected chi connectivity index (χ4v) is 3.68. The van der Waals surface area contributed by atoms with Gasteiger partial charge in [-0.1, -0.05) is 47.5 Å². The number of carbonyl (C=O) groups excluding carboxylic acids is 2. The van der Waals surface area contributed by atoms with Crippen molar-refractivity contribution in [3.63, 3.8) is 0 Å². The normalized spacial score (nSPS) is 11.9. The molecule has 3 rings (SSSR count). The maximum absolute atomic E-state index is 12.8. The molecule has 0 saturated carbocycles. The molecule has 0 aliphatic carbocycles. The van der Waals surface area contributed by atoms with Gasteiger partial charge in [-0.05, 0) is 37.8 Å². The molecule has 1 N–H and O–H groups in total. The Morgan fingerprint density at radius 2 is 1.83 bits per heavy atom. The minimum atomic E-state index is -0.214. The third-order valence-corrected chi connectivity index (χ3v) is 5.44. The number of aryl methyl sites for hydroxylation is 1. The molecule has 0 saturated heterocycles. The van der Waals surface area contributed by atoms with Gasteiger partial charge in [0.05, 0.1) is 11.3 Å². The summed E-state index contributed by atoms with van der Waals surface area (Å²) in [4.78, 5) is 35.3. The molecule has 3 aromatic rings. The largest absolute Gasteiger partial charge is 0.352 e. The van der Waals surface area contributed by atoms with E-state index in [-0.39, 0.29) is 28.2 Å². The number of rotatable bonds is 6. The zero-order chi connectivity index (χ0) is 21.8. The Morgan fingerprint density at radius 1 is 1.17 bits per heavy atom. The maximum atomic E-state index is 12.8. The predicted molar refractivity (Wildman–Crippen MR) is 119 cm³/mol. The Bertz CT molecular complexity index is 1080. The topological polar surface area (TPSA) is 75.2 Å². The van der Waals surface area contributed by atoms with E-state index >= 15 is 0 Å². The molecular weight excluding hydrogens is 423 g/mol. The van der Waals surface area contributed by atoms with Crippen LogP contribution in [-0.4, -0.2) is 46.3 Å². The molecule has 156 valence electrons. The van der Waals surface area contributed by atoms with Crippen LogP contribution in [0.2, 0.25) is 10.3 Å². The van der Waals surface area contributed by atoms with E-state index < -0.39 is 0 Å². The van der Waals surface area contributed by atoms with E-state index in [1.807, 2.05) is 38.1 Å². The lowest BCUT2D eigenvalue weighted by molar-refractivity contribution is 0.0736. The maximum Gasteiger partial charge on any atom is 0.254 e. The van der Waals surface area contributed by atoms with Crippen LogP contribution in [0.5, 0.6) is 0 Å². The molecule has 0 fully saturated rings. The molecule has 2 heterocycles. The van der Waals surface area contributed by atoms with Crippen molar-refractivity contribution in [2.45, 2.75) is 26.3 Å². The quantitative estimate of drug-likeness (QED) is 0.566. The van der Waals surface area contributed by atoms with Crippen molar-refractivity contribution in [1.29, 1.82) is 0 Å². The number of nitrogens with zero attached hydrogens (tertiary/aromatic N) is 3. The number of fused-ring (bicyclic) bond motifs is 1. The van der Waals surface area contributed by atoms with Crippen molar-refractivity contribution < 1.29 is 9.59 Å². The summed E-state index contributed by atoms with van der Waals surface area (Å²) in [6, 6.07) is 10.5. The van der Waals surface area contributed by atoms with E-state index in [9.17, 15) is 9.59 Å². The number of benzene rings is 1. The standard InChI is InChI=1S/C22H22Cl2N4O2/c1-13(28(3)22(30)16-10-18(23)27-19(24)11-16)8-9-25-21(29)20-14(2)26-12-15-6-4-5-7-17(15)20/h4-7,10-13H,8-9H2,1-3H3,(H,25,29). The van der Waals surface area contributed by atoms with E-state index in [1.54, 1.807) is 18.1 Å². The van der Waals surface area contributed by atoms with Crippen molar-refractivity contribution in [2.75, 3.05) is 13.6 Å². The van der Waals surface area contributed by atoms with Gasteiger partial charge in [0.1, 0.15) is 10.3 Å². The highest BCUT2D eigenvalue weighted by molar-refractivity contribution is 6.33. The first-order valence-electron chi connectivity index (χ1n) is 9.50. The zero-order valence-electron chi connectivity index (χ0n) is 16.9. The molecule has 2 aromatic heterocycles. The molecule has 1 unspecified atom stereocenters. The first-order chi connectivity index (χ1) is 14.3. The highest BCUT2D eigenvalue weighted by atomic mass is 35.5. The lowest BCUT2D eigenvalue weighted by Crippen LogP contribution is -2.38. The zero-order valence-corrected chi connectivity index (χ0v) is 18.5. The second kappa shape index (κ2) is 9.41. The van der Waals surface area contributed by atoms with Crippen LogP contribution < -0.4 is 5.32 Å². The Balaban J connectivity index is 1.63. The van der Waals surface area contributed by atoms with Gasteiger partial charge in [-0.2, -0.15) is 0 Å². The SMILES string of the molecule is Cc1ncc2ccccc2c1C(=O)NCCC(C)N(C)C(=O)c1cc(Cl)nc(Cl)c1. The van der Waals surface area contributed by atoms with Crippen LogP contribution in [0, 0.1) is 6.92 Å². The summed E-state index contributed by atoms with van der Waals surface area (Å²) in [5.74, 6) is -0.389. The van der Waals surface area contributed by atoms with E-state index in [0.717, 1.165) is 10.8 Å². The highest BCUT2D eigenvalue weighted by Crippen LogP contribution is 2.20. The highest BCUT2D eigenvalue weighted by Gasteiger charge is 2.20. The Labute approximate surface area is 185 Å². The van der Waals surface area contributed by atoms with Crippen LogP contribution in [0.15, 0.2) is 42.6 Å². The number of hydrogen-bond acceptors (Lipinski definition) is 4. The molecule has 6 nitrogen and oxygen atoms in total. The third-order valence-electron chi connectivity index (χ3n) is 5.06. The molecule has 2 amide bonds. The van der Waals surface area contributed by atoms with Gasteiger partial charge in [-0.3, -0.25) is 14.6 Å². The molecular formula is C22H22Cl2N4O2. The molecule has 1 aromatic carbocycles. The van der Waals surface area contributed by atoms with E-state index in [0.29, 0.717) is 29.8 Å². The summed E-state index contributed by atoms with van der Waals surface area (Å²) in [6.45, 7) is 4.15. The monoisotopic (exact) mass is 444 g/mol. The summed E-state index contributed by atoms with van der Waals surface area (Å²) in [5, 5.41) is 5.06. The first kappa shape index (κ1) is 22.0. The van der Waals surface area contributed by atoms with Gasteiger partial charge < -0.3 is 10.2 Å². The van der Waals surface area contributed by atoms with Crippen LogP contribution in [0.1, 0.15) is 39.8 Å². The molecule has 8 heteroatoms. The van der Waals surface area contributed by atoms with Gasteiger partial charge >= 0.3 is 0 Å². The number of aromatic nitrogens is 2. The number of nitrogens with one attached hydrogen (secondary N) is 1. The smallest absolute Gasteiger partial charge is 0.254 e. The van der Waals surface area contributed by atoms with Gasteiger partial charge in [-0.15, -0.1) is 0 Å². The van der Waals surface area contributed by atoms with Gasteiger partial charge in [0.2, 0.25) is 0 Å². The van der Waals surface area contributed by atoms with Crippen LogP contribution in [0.3, 0.4) is 0 Å². The molecule has 0 aliphatic rings. The fraction of sp³-hybridized carbons (Fsp3) is 0.273. The van der Waals surface area contributed by atoms with E-state index in [4.69, 9.17) is 23.2 Å². The number of amides is 2. The first-order valence-corrected chi connectivity index (χ1v) is 10.3. The lowest BCUT2D eigenvalue weighted by atomic mass is 10.0. The van der Waals surface area contributed by atoms with Crippen molar-refractivity contribution in [3.05, 3.63) is 69.7 Å². The number of halogens is 2. The van der Waals surface area contributed by atoms with Gasteiger partial charge in [0.15, 0.2) is 0 Å². The van der Waals surface area contributed by atoms with Gasteiger partial charge in [-0.25, -0.2) is 4.98 Å². The summed E-state index contributed by atoms with van der Waals surface area (Å²) in [6.07, 6.45) is 2.35. The number of carbonyl (C=O) groups is 2. The second-order valence-corrected chi connectivity index (χ2v) is 7.89. The summed E-state index contributed by atoms with van der Waals surface area (Å²) < 4.78 is 0. The molecule has 0 aliphatic heterocycles. The average molecular weight is 445 g/mol. The molecule has 0 radical (unpaired) electrons. The summed E-state index contributed by atoms with van der Waals surface area (Å²) in [5.41, 5.74) is 1.63. The van der Waals surface area contributed by atoms with Crippen molar-refractivity contribution in [2.24, 2.45) is 0 Å². The fourth-order valence-electron chi connectivity index (χ4n) is 3.22. The van der Waals surface area contributed by atoms with Crippen molar-refractivity contribution in [1.82, 2.24) is 20.2 Å². The third kappa shape index (κ3) is 4.89. The predicted octanol–water partition coefficient (Wildman–Crippen LogP) is 4.53. The van der Waals surface area contributed by atoms with Crippen molar-refractivity contribution >= 4 is 45.8 Å². The average Bonchev–Trinajstić information content (AvgIpc) is 2.71. The van der Waals surface area contributed by atoms with Crippen LogP contribution in [0.25, 0.3) is 10.8 Å². The Hall–Kier alpha value is -2.70. The second-order valence-electron chi connectivity index (χ2n) is 7.12. The minimum Gasteiger partial charge on any atom is -0.352 e. The molecule has 0 bridgehead atoms.